The number of nitrogens with zero attached hydrogens (tertiary/aromatic N) is 3. The van der Waals surface area contributed by atoms with E-state index in [2.05, 4.69) is 15.3 Å². The van der Waals surface area contributed by atoms with E-state index >= 15 is 0 Å². The van der Waals surface area contributed by atoms with Gasteiger partial charge in [0.2, 0.25) is 0 Å². The Morgan fingerprint density at radius 3 is 2.58 bits per heavy atom. The van der Waals surface area contributed by atoms with Gasteiger partial charge in [0.15, 0.2) is 10.3 Å². The molecule has 1 aromatic carbocycles. The van der Waals surface area contributed by atoms with Gasteiger partial charge in [-0.3, -0.25) is 14.7 Å². The maximum absolute atomic E-state index is 13.2. The Morgan fingerprint density at radius 1 is 1.29 bits per heavy atom. The minimum absolute atomic E-state index is 0.305. The molecule has 0 saturated carbocycles. The number of benzene rings is 1. The van der Waals surface area contributed by atoms with E-state index in [1.54, 1.807) is 16.7 Å². The fraction of sp³-hybridized carbons (Fsp3) is 0.188. The average Bonchev–Trinajstić information content (AvgIpc) is 3.11. The molecule has 0 bridgehead atoms. The number of rotatable bonds is 4. The van der Waals surface area contributed by atoms with Gasteiger partial charge >= 0.3 is 0 Å². The fourth-order valence-corrected chi connectivity index (χ4v) is 3.52. The Labute approximate surface area is 147 Å². The van der Waals surface area contributed by atoms with Gasteiger partial charge in [0.05, 0.1) is 11.9 Å². The SMILES string of the molecule is CSc1ncc(C(=O)Nc2nc(C)c(C)s2)n1-c1ccc(F)cc1. The van der Waals surface area contributed by atoms with Crippen molar-refractivity contribution >= 4 is 34.1 Å². The number of halogens is 1. The van der Waals surface area contributed by atoms with Crippen LogP contribution in [0.2, 0.25) is 0 Å². The molecule has 1 N–H and O–H groups in total. The van der Waals surface area contributed by atoms with Crippen molar-refractivity contribution in [3.05, 3.63) is 52.5 Å². The lowest BCUT2D eigenvalue weighted by Gasteiger charge is -2.10. The van der Waals surface area contributed by atoms with Crippen molar-refractivity contribution in [3.8, 4) is 5.69 Å². The summed E-state index contributed by atoms with van der Waals surface area (Å²) in [5.41, 5.74) is 1.94. The van der Waals surface area contributed by atoms with Crippen LogP contribution in [0.25, 0.3) is 5.69 Å². The molecule has 0 atom stereocenters. The van der Waals surface area contributed by atoms with Crippen LogP contribution in [0.5, 0.6) is 0 Å². The van der Waals surface area contributed by atoms with E-state index in [0.29, 0.717) is 21.7 Å². The molecule has 0 aliphatic rings. The topological polar surface area (TPSA) is 59.8 Å². The van der Waals surface area contributed by atoms with E-state index in [-0.39, 0.29) is 11.7 Å². The molecule has 3 aromatic rings. The first-order chi connectivity index (χ1) is 11.5. The van der Waals surface area contributed by atoms with E-state index in [4.69, 9.17) is 0 Å². The number of anilines is 1. The van der Waals surface area contributed by atoms with Gasteiger partial charge in [-0.15, -0.1) is 11.3 Å². The summed E-state index contributed by atoms with van der Waals surface area (Å²) in [6.07, 6.45) is 3.38. The van der Waals surface area contributed by atoms with Crippen molar-refractivity contribution in [1.29, 1.82) is 0 Å². The minimum atomic E-state index is -0.329. The number of amides is 1. The lowest BCUT2D eigenvalue weighted by Crippen LogP contribution is -2.16. The van der Waals surface area contributed by atoms with Crippen LogP contribution >= 0.6 is 23.1 Å². The molecule has 1 amide bonds. The predicted molar refractivity (Wildman–Crippen MR) is 94.8 cm³/mol. The quantitative estimate of drug-likeness (QED) is 0.711. The van der Waals surface area contributed by atoms with Gasteiger partial charge in [0.1, 0.15) is 11.5 Å². The first kappa shape index (κ1) is 16.7. The van der Waals surface area contributed by atoms with Crippen molar-refractivity contribution in [1.82, 2.24) is 14.5 Å². The van der Waals surface area contributed by atoms with Crippen molar-refractivity contribution in [2.24, 2.45) is 0 Å². The van der Waals surface area contributed by atoms with Gasteiger partial charge in [-0.1, -0.05) is 11.8 Å². The van der Waals surface area contributed by atoms with E-state index < -0.39 is 0 Å². The molecule has 0 saturated heterocycles. The minimum Gasteiger partial charge on any atom is -0.296 e. The highest BCUT2D eigenvalue weighted by Gasteiger charge is 2.19. The van der Waals surface area contributed by atoms with Gasteiger partial charge < -0.3 is 0 Å². The number of nitrogens with one attached hydrogen (secondary N) is 1. The monoisotopic (exact) mass is 362 g/mol. The normalized spacial score (nSPS) is 10.8. The van der Waals surface area contributed by atoms with Crippen LogP contribution in [-0.2, 0) is 0 Å². The van der Waals surface area contributed by atoms with Gasteiger partial charge in [-0.2, -0.15) is 0 Å². The molecule has 0 spiro atoms. The summed E-state index contributed by atoms with van der Waals surface area (Å²) < 4.78 is 14.9. The summed E-state index contributed by atoms with van der Waals surface area (Å²) in [5, 5.41) is 4.00. The van der Waals surface area contributed by atoms with Crippen LogP contribution < -0.4 is 5.32 Å². The van der Waals surface area contributed by atoms with E-state index in [0.717, 1.165) is 10.6 Å². The van der Waals surface area contributed by atoms with Crippen LogP contribution in [0.1, 0.15) is 21.1 Å². The smallest absolute Gasteiger partial charge is 0.276 e. The number of carbonyl (C=O) groups excluding carboxylic acids is 1. The third kappa shape index (κ3) is 3.20. The molecular formula is C16H15FN4OS2. The molecule has 5 nitrogen and oxygen atoms in total. The lowest BCUT2D eigenvalue weighted by atomic mass is 10.3. The Bertz CT molecular complexity index is 867. The van der Waals surface area contributed by atoms with Crippen molar-refractivity contribution in [2.45, 2.75) is 19.0 Å². The fourth-order valence-electron chi connectivity index (χ4n) is 2.17. The third-order valence-electron chi connectivity index (χ3n) is 3.48. The molecule has 0 radical (unpaired) electrons. The van der Waals surface area contributed by atoms with Crippen LogP contribution in [0.3, 0.4) is 0 Å². The molecule has 2 aromatic heterocycles. The van der Waals surface area contributed by atoms with Gasteiger partial charge in [-0.25, -0.2) is 14.4 Å². The average molecular weight is 362 g/mol. The highest BCUT2D eigenvalue weighted by atomic mass is 32.2. The largest absolute Gasteiger partial charge is 0.296 e. The molecule has 24 heavy (non-hydrogen) atoms. The third-order valence-corrected chi connectivity index (χ3v) is 5.12. The standard InChI is InChI=1S/C16H15FN4OS2/c1-9-10(2)24-15(19-9)20-14(22)13-8-18-16(23-3)21(13)12-6-4-11(17)5-7-12/h4-8H,1-3H3,(H,19,20,22). The Kier molecular flexibility index (Phi) is 4.68. The highest BCUT2D eigenvalue weighted by Crippen LogP contribution is 2.25. The summed E-state index contributed by atoms with van der Waals surface area (Å²) >= 11 is 2.84. The molecular weight excluding hydrogens is 347 g/mol. The van der Waals surface area contributed by atoms with Gasteiger partial charge in [0.25, 0.3) is 5.91 Å². The maximum Gasteiger partial charge on any atom is 0.276 e. The molecule has 124 valence electrons. The first-order valence-electron chi connectivity index (χ1n) is 7.12. The molecule has 8 heteroatoms. The molecule has 2 heterocycles. The second-order valence-corrected chi connectivity index (χ2v) is 7.03. The maximum atomic E-state index is 13.2. The van der Waals surface area contributed by atoms with Crippen LogP contribution in [-0.4, -0.2) is 26.7 Å². The second-order valence-electron chi connectivity index (χ2n) is 5.06. The van der Waals surface area contributed by atoms with Crippen LogP contribution in [0, 0.1) is 19.7 Å². The Morgan fingerprint density at radius 2 is 2.00 bits per heavy atom. The zero-order valence-corrected chi connectivity index (χ0v) is 15.0. The summed E-state index contributed by atoms with van der Waals surface area (Å²) in [5.74, 6) is -0.634. The van der Waals surface area contributed by atoms with E-state index in [1.807, 2.05) is 20.1 Å². The Balaban J connectivity index is 1.97. The Hall–Kier alpha value is -2.19. The summed E-state index contributed by atoms with van der Waals surface area (Å²) in [6.45, 7) is 3.85. The number of imidazole rings is 1. The van der Waals surface area contributed by atoms with Gasteiger partial charge in [-0.05, 0) is 44.4 Å². The number of thiazole rings is 1. The zero-order chi connectivity index (χ0) is 17.3. The number of carbonyl (C=O) groups is 1. The lowest BCUT2D eigenvalue weighted by molar-refractivity contribution is 0.102. The summed E-state index contributed by atoms with van der Waals surface area (Å²) in [4.78, 5) is 22.3. The molecule has 3 rings (SSSR count). The van der Waals surface area contributed by atoms with Gasteiger partial charge in [0, 0.05) is 10.6 Å². The number of hydrogen-bond acceptors (Lipinski definition) is 5. The predicted octanol–water partition coefficient (Wildman–Crippen LogP) is 4.06. The number of aromatic nitrogens is 3. The molecule has 0 aliphatic heterocycles. The van der Waals surface area contributed by atoms with Crippen LogP contribution in [0.4, 0.5) is 9.52 Å². The highest BCUT2D eigenvalue weighted by molar-refractivity contribution is 7.98. The second kappa shape index (κ2) is 6.74. The molecule has 0 aliphatic carbocycles. The zero-order valence-electron chi connectivity index (χ0n) is 13.3. The van der Waals surface area contributed by atoms with Crippen LogP contribution in [0.15, 0.2) is 35.6 Å². The summed E-state index contributed by atoms with van der Waals surface area (Å²) in [7, 11) is 0. The van der Waals surface area contributed by atoms with E-state index in [9.17, 15) is 9.18 Å². The molecule has 0 unspecified atom stereocenters. The molecule has 0 fully saturated rings. The van der Waals surface area contributed by atoms with Crippen molar-refractivity contribution < 1.29 is 9.18 Å². The number of hydrogen-bond donors (Lipinski definition) is 1. The number of thioether (sulfide) groups is 1. The van der Waals surface area contributed by atoms with Crippen molar-refractivity contribution in [3.63, 3.8) is 0 Å². The van der Waals surface area contributed by atoms with Crippen molar-refractivity contribution in [2.75, 3.05) is 11.6 Å². The van der Waals surface area contributed by atoms with E-state index in [1.165, 1.54) is 41.4 Å². The first-order valence-corrected chi connectivity index (χ1v) is 9.16. The summed E-state index contributed by atoms with van der Waals surface area (Å²) in [6, 6.07) is 5.94. The number of aryl methyl sites for hydroxylation is 2.